The molecule has 4 nitrogen and oxygen atoms in total. The molecule has 0 saturated carbocycles. The van der Waals surface area contributed by atoms with Crippen molar-refractivity contribution in [3.8, 4) is 0 Å². The summed E-state index contributed by atoms with van der Waals surface area (Å²) in [6.45, 7) is 1.37. The van der Waals surface area contributed by atoms with Crippen LogP contribution in [0.4, 0.5) is 24.5 Å². The van der Waals surface area contributed by atoms with Crippen LogP contribution in [-0.2, 0) is 17.4 Å². The van der Waals surface area contributed by atoms with Gasteiger partial charge < -0.3 is 16.0 Å². The fourth-order valence-electron chi connectivity index (χ4n) is 3.37. The van der Waals surface area contributed by atoms with Crippen LogP contribution in [0.3, 0.4) is 0 Å². The third-order valence-electron chi connectivity index (χ3n) is 4.71. The van der Waals surface area contributed by atoms with E-state index >= 15 is 0 Å². The number of para-hydroxylation sites is 1. The van der Waals surface area contributed by atoms with Crippen LogP contribution >= 0.6 is 0 Å². The number of carbonyl (C=O) groups excluding carboxylic acids is 1. The van der Waals surface area contributed by atoms with Gasteiger partial charge in [0, 0.05) is 37.1 Å². The van der Waals surface area contributed by atoms with Gasteiger partial charge in [0.1, 0.15) is 0 Å². The summed E-state index contributed by atoms with van der Waals surface area (Å²) in [4.78, 5) is 13.8. The van der Waals surface area contributed by atoms with Gasteiger partial charge in [0.15, 0.2) is 0 Å². The Morgan fingerprint density at radius 1 is 1.18 bits per heavy atom. The molecular formula is C21H22F3N3O. The summed E-state index contributed by atoms with van der Waals surface area (Å²) in [7, 11) is 0. The molecule has 2 aromatic rings. The highest BCUT2D eigenvalue weighted by atomic mass is 19.4. The minimum atomic E-state index is -4.36. The molecule has 0 fully saturated rings. The highest BCUT2D eigenvalue weighted by Gasteiger charge is 2.31. The molecule has 0 spiro atoms. The van der Waals surface area contributed by atoms with Crippen LogP contribution in [-0.4, -0.2) is 25.5 Å². The summed E-state index contributed by atoms with van der Waals surface area (Å²) in [6.07, 6.45) is -0.583. The highest BCUT2D eigenvalue weighted by Crippen LogP contribution is 2.37. The molecule has 1 heterocycles. The second-order valence-electron chi connectivity index (χ2n) is 6.74. The summed E-state index contributed by atoms with van der Waals surface area (Å²) in [6, 6.07) is 13.0. The van der Waals surface area contributed by atoms with Gasteiger partial charge in [0.25, 0.3) is 0 Å². The minimum Gasteiger partial charge on any atom is -0.352 e. The number of rotatable bonds is 5. The Bertz CT molecular complexity index is 847. The minimum absolute atomic E-state index is 0.132. The van der Waals surface area contributed by atoms with Crippen LogP contribution in [0.5, 0.6) is 0 Å². The van der Waals surface area contributed by atoms with Gasteiger partial charge in [0.05, 0.1) is 5.56 Å². The van der Waals surface area contributed by atoms with Crippen LogP contribution in [0.25, 0.3) is 0 Å². The van der Waals surface area contributed by atoms with Crippen molar-refractivity contribution in [3.63, 3.8) is 0 Å². The first-order valence-electron chi connectivity index (χ1n) is 9.05. The number of nitrogens with one attached hydrogen (secondary N) is 1. The smallest absolute Gasteiger partial charge is 0.352 e. The number of alkyl halides is 3. The molecule has 0 saturated heterocycles. The zero-order chi connectivity index (χ0) is 20.1. The standard InChI is InChI=1S/C21H22F3N3O/c22-21(23,24)17-7-9-18(10-8-17)27-14-15(13-26-20(28)6-3-11-25)12-16-4-1-2-5-19(16)27/h1-10,15H,11-14,25H2,(H,26,28)/b6-3+. The quantitative estimate of drug-likeness (QED) is 0.768. The topological polar surface area (TPSA) is 58.4 Å². The lowest BCUT2D eigenvalue weighted by Gasteiger charge is -2.36. The van der Waals surface area contributed by atoms with E-state index in [1.54, 1.807) is 6.08 Å². The molecule has 1 aliphatic rings. The van der Waals surface area contributed by atoms with E-state index in [1.165, 1.54) is 18.2 Å². The predicted octanol–water partition coefficient (Wildman–Crippen LogP) is 3.65. The Labute approximate surface area is 161 Å². The number of amides is 1. The van der Waals surface area contributed by atoms with Crippen LogP contribution in [0.15, 0.2) is 60.7 Å². The van der Waals surface area contributed by atoms with Crippen LogP contribution < -0.4 is 16.0 Å². The van der Waals surface area contributed by atoms with Crippen LogP contribution in [0.2, 0.25) is 0 Å². The fraction of sp³-hybridized carbons (Fsp3) is 0.286. The van der Waals surface area contributed by atoms with Gasteiger partial charge >= 0.3 is 6.18 Å². The molecule has 2 aromatic carbocycles. The van der Waals surface area contributed by atoms with Gasteiger partial charge in [0.2, 0.25) is 5.91 Å². The Morgan fingerprint density at radius 3 is 2.57 bits per heavy atom. The number of benzene rings is 2. The molecule has 1 unspecified atom stereocenters. The van der Waals surface area contributed by atoms with Crippen molar-refractivity contribution in [1.82, 2.24) is 5.32 Å². The molecule has 1 aliphatic heterocycles. The van der Waals surface area contributed by atoms with E-state index in [1.807, 2.05) is 29.2 Å². The predicted molar refractivity (Wildman–Crippen MR) is 103 cm³/mol. The number of hydrogen-bond donors (Lipinski definition) is 2. The average molecular weight is 389 g/mol. The monoisotopic (exact) mass is 389 g/mol. The number of halogens is 3. The van der Waals surface area contributed by atoms with E-state index in [0.29, 0.717) is 25.3 Å². The largest absolute Gasteiger partial charge is 0.416 e. The lowest BCUT2D eigenvalue weighted by atomic mass is 9.91. The lowest BCUT2D eigenvalue weighted by molar-refractivity contribution is -0.137. The van der Waals surface area contributed by atoms with Crippen molar-refractivity contribution in [2.45, 2.75) is 12.6 Å². The first-order chi connectivity index (χ1) is 13.4. The first kappa shape index (κ1) is 19.9. The van der Waals surface area contributed by atoms with E-state index in [-0.39, 0.29) is 11.8 Å². The number of fused-ring (bicyclic) bond motifs is 1. The maximum absolute atomic E-state index is 12.9. The van der Waals surface area contributed by atoms with E-state index in [2.05, 4.69) is 5.32 Å². The summed E-state index contributed by atoms with van der Waals surface area (Å²) < 4.78 is 38.6. The Kier molecular flexibility index (Phi) is 6.04. The number of nitrogens with two attached hydrogens (primary N) is 1. The summed E-state index contributed by atoms with van der Waals surface area (Å²) in [5.74, 6) is -0.0715. The zero-order valence-electron chi connectivity index (χ0n) is 15.2. The van der Waals surface area contributed by atoms with Gasteiger partial charge in [-0.3, -0.25) is 4.79 Å². The summed E-state index contributed by atoms with van der Waals surface area (Å²) in [5, 5.41) is 2.86. The van der Waals surface area contributed by atoms with Gasteiger partial charge in [-0.25, -0.2) is 0 Å². The second-order valence-corrected chi connectivity index (χ2v) is 6.74. The average Bonchev–Trinajstić information content (AvgIpc) is 2.69. The molecule has 3 rings (SSSR count). The normalized spacial score (nSPS) is 16.9. The Hall–Kier alpha value is -2.80. The van der Waals surface area contributed by atoms with E-state index in [0.717, 1.165) is 29.8 Å². The molecule has 3 N–H and O–H groups in total. The molecule has 28 heavy (non-hydrogen) atoms. The molecule has 1 atom stereocenters. The first-order valence-corrected chi connectivity index (χ1v) is 9.05. The lowest BCUT2D eigenvalue weighted by Crippen LogP contribution is -2.39. The van der Waals surface area contributed by atoms with Gasteiger partial charge in [-0.15, -0.1) is 0 Å². The van der Waals surface area contributed by atoms with E-state index in [4.69, 9.17) is 5.73 Å². The summed E-state index contributed by atoms with van der Waals surface area (Å²) >= 11 is 0. The van der Waals surface area contributed by atoms with Crippen molar-refractivity contribution in [3.05, 3.63) is 71.8 Å². The maximum atomic E-state index is 12.9. The summed E-state index contributed by atoms with van der Waals surface area (Å²) in [5.41, 5.74) is 7.45. The fourth-order valence-corrected chi connectivity index (χ4v) is 3.37. The van der Waals surface area contributed by atoms with Crippen LogP contribution in [0.1, 0.15) is 11.1 Å². The van der Waals surface area contributed by atoms with Crippen molar-refractivity contribution >= 4 is 17.3 Å². The number of carbonyl (C=O) groups is 1. The Morgan fingerprint density at radius 2 is 1.89 bits per heavy atom. The zero-order valence-corrected chi connectivity index (χ0v) is 15.2. The molecule has 0 aromatic heterocycles. The third-order valence-corrected chi connectivity index (χ3v) is 4.71. The van der Waals surface area contributed by atoms with Crippen molar-refractivity contribution in [1.29, 1.82) is 0 Å². The van der Waals surface area contributed by atoms with E-state index in [9.17, 15) is 18.0 Å². The van der Waals surface area contributed by atoms with Crippen molar-refractivity contribution in [2.24, 2.45) is 11.7 Å². The Balaban J connectivity index is 1.80. The number of anilines is 2. The molecule has 0 radical (unpaired) electrons. The van der Waals surface area contributed by atoms with Gasteiger partial charge in [-0.1, -0.05) is 24.3 Å². The van der Waals surface area contributed by atoms with E-state index < -0.39 is 11.7 Å². The SMILES string of the molecule is NC/C=C/C(=O)NCC1Cc2ccccc2N(c2ccc(C(F)(F)F)cc2)C1. The maximum Gasteiger partial charge on any atom is 0.416 e. The molecule has 0 bridgehead atoms. The third kappa shape index (κ3) is 4.72. The molecular weight excluding hydrogens is 367 g/mol. The van der Waals surface area contributed by atoms with Crippen molar-refractivity contribution < 1.29 is 18.0 Å². The molecule has 0 aliphatic carbocycles. The molecule has 7 heteroatoms. The number of nitrogens with zero attached hydrogens (tertiary/aromatic N) is 1. The highest BCUT2D eigenvalue weighted by molar-refractivity contribution is 5.87. The van der Waals surface area contributed by atoms with Gasteiger partial charge in [-0.05, 0) is 48.2 Å². The molecule has 1 amide bonds. The number of hydrogen-bond acceptors (Lipinski definition) is 3. The van der Waals surface area contributed by atoms with Gasteiger partial charge in [-0.2, -0.15) is 13.2 Å². The second kappa shape index (κ2) is 8.48. The van der Waals surface area contributed by atoms with Crippen molar-refractivity contribution in [2.75, 3.05) is 24.5 Å². The molecule has 148 valence electrons. The van der Waals surface area contributed by atoms with Crippen LogP contribution in [0, 0.1) is 5.92 Å².